The van der Waals surface area contributed by atoms with Gasteiger partial charge in [0, 0.05) is 12.6 Å². The van der Waals surface area contributed by atoms with Gasteiger partial charge in [0.15, 0.2) is 0 Å². The van der Waals surface area contributed by atoms with Gasteiger partial charge in [-0.25, -0.2) is 0 Å². The van der Waals surface area contributed by atoms with Crippen molar-refractivity contribution in [3.63, 3.8) is 0 Å². The highest BCUT2D eigenvalue weighted by Crippen LogP contribution is 2.28. The average molecular weight is 213 g/mol. The van der Waals surface area contributed by atoms with Crippen molar-refractivity contribution in [1.29, 1.82) is 0 Å². The fourth-order valence-corrected chi connectivity index (χ4v) is 2.17. The molecule has 1 atom stereocenters. The lowest BCUT2D eigenvalue weighted by atomic mass is 9.85. The molecule has 0 aromatic carbocycles. The van der Waals surface area contributed by atoms with Crippen LogP contribution in [-0.2, 0) is 9.53 Å². The highest BCUT2D eigenvalue weighted by atomic mass is 16.5. The Kier molecular flexibility index (Phi) is 3.77. The van der Waals surface area contributed by atoms with E-state index in [1.807, 2.05) is 0 Å². The molecule has 0 radical (unpaired) electrons. The highest BCUT2D eigenvalue weighted by molar-refractivity contribution is 5.77. The summed E-state index contributed by atoms with van der Waals surface area (Å²) in [4.78, 5) is 14.2. The lowest BCUT2D eigenvalue weighted by Gasteiger charge is -2.38. The lowest BCUT2D eigenvalue weighted by molar-refractivity contribution is -0.152. The molecule has 1 saturated heterocycles. The van der Waals surface area contributed by atoms with Crippen LogP contribution in [0.1, 0.15) is 41.0 Å². The molecule has 0 aliphatic carbocycles. The maximum Gasteiger partial charge on any atom is 0.323 e. The van der Waals surface area contributed by atoms with Crippen molar-refractivity contribution < 1.29 is 9.53 Å². The van der Waals surface area contributed by atoms with Crippen LogP contribution in [0.15, 0.2) is 0 Å². The Morgan fingerprint density at radius 2 is 2.00 bits per heavy atom. The van der Waals surface area contributed by atoms with Gasteiger partial charge in [-0.05, 0) is 25.7 Å². The van der Waals surface area contributed by atoms with Gasteiger partial charge in [-0.1, -0.05) is 20.8 Å². The van der Waals surface area contributed by atoms with Crippen molar-refractivity contribution in [2.75, 3.05) is 13.2 Å². The number of esters is 1. The van der Waals surface area contributed by atoms with Crippen LogP contribution in [0, 0.1) is 5.41 Å². The number of hydrogen-bond acceptors (Lipinski definition) is 3. The second-order valence-corrected chi connectivity index (χ2v) is 5.62. The van der Waals surface area contributed by atoms with E-state index in [-0.39, 0.29) is 17.4 Å². The van der Waals surface area contributed by atoms with Gasteiger partial charge in [-0.15, -0.1) is 0 Å². The summed E-state index contributed by atoms with van der Waals surface area (Å²) in [6.45, 7) is 12.1. The highest BCUT2D eigenvalue weighted by Gasteiger charge is 2.39. The lowest BCUT2D eigenvalue weighted by Crippen LogP contribution is -2.51. The minimum Gasteiger partial charge on any atom is -0.464 e. The molecule has 0 spiro atoms. The molecule has 15 heavy (non-hydrogen) atoms. The molecule has 0 bridgehead atoms. The molecule has 0 amide bonds. The molecule has 3 nitrogen and oxygen atoms in total. The number of rotatable bonds is 1. The minimum atomic E-state index is -0.111. The van der Waals surface area contributed by atoms with Gasteiger partial charge in [0.05, 0.1) is 6.61 Å². The molecular formula is C12H23NO2. The van der Waals surface area contributed by atoms with Crippen LogP contribution in [-0.4, -0.2) is 36.1 Å². The zero-order valence-corrected chi connectivity index (χ0v) is 10.5. The molecule has 1 aliphatic rings. The number of hydrogen-bond donors (Lipinski definition) is 0. The summed E-state index contributed by atoms with van der Waals surface area (Å²) < 4.78 is 5.24. The van der Waals surface area contributed by atoms with Crippen LogP contribution in [0.4, 0.5) is 0 Å². The van der Waals surface area contributed by atoms with Gasteiger partial charge in [-0.2, -0.15) is 0 Å². The Morgan fingerprint density at radius 1 is 1.40 bits per heavy atom. The summed E-state index contributed by atoms with van der Waals surface area (Å²) in [7, 11) is 0. The molecule has 0 aromatic rings. The van der Waals surface area contributed by atoms with Gasteiger partial charge in [0.2, 0.25) is 0 Å². The van der Waals surface area contributed by atoms with Crippen molar-refractivity contribution in [2.24, 2.45) is 5.41 Å². The molecule has 1 rings (SSSR count). The van der Waals surface area contributed by atoms with Gasteiger partial charge in [0.25, 0.3) is 0 Å². The first-order valence-electron chi connectivity index (χ1n) is 5.76. The Morgan fingerprint density at radius 3 is 2.47 bits per heavy atom. The van der Waals surface area contributed by atoms with Gasteiger partial charge >= 0.3 is 5.97 Å². The maximum atomic E-state index is 11.9. The van der Waals surface area contributed by atoms with Crippen LogP contribution in [0.5, 0.6) is 0 Å². The molecule has 3 heteroatoms. The smallest absolute Gasteiger partial charge is 0.323 e. The Labute approximate surface area is 92.8 Å². The minimum absolute atomic E-state index is 0.0614. The molecule has 1 aliphatic heterocycles. The van der Waals surface area contributed by atoms with Crippen LogP contribution in [0.3, 0.4) is 0 Å². The first-order chi connectivity index (χ1) is 6.84. The maximum absolute atomic E-state index is 11.9. The summed E-state index contributed by atoms with van der Waals surface area (Å²) in [5.41, 5.74) is -0.0638. The Hall–Kier alpha value is -0.570. The molecule has 1 heterocycles. The molecule has 0 N–H and O–H groups in total. The Bertz CT molecular complexity index is 230. The van der Waals surface area contributed by atoms with E-state index in [0.717, 1.165) is 13.0 Å². The van der Waals surface area contributed by atoms with Crippen molar-refractivity contribution in [3.05, 3.63) is 0 Å². The van der Waals surface area contributed by atoms with Crippen LogP contribution < -0.4 is 0 Å². The molecular weight excluding hydrogens is 190 g/mol. The van der Waals surface area contributed by atoms with Crippen LogP contribution in [0.25, 0.3) is 0 Å². The van der Waals surface area contributed by atoms with Crippen molar-refractivity contribution in [3.8, 4) is 0 Å². The normalized spacial score (nSPS) is 25.2. The third-order valence-electron chi connectivity index (χ3n) is 2.84. The predicted octanol–water partition coefficient (Wildman–Crippen LogP) is 2.06. The van der Waals surface area contributed by atoms with E-state index in [1.54, 1.807) is 0 Å². The van der Waals surface area contributed by atoms with Crippen LogP contribution >= 0.6 is 0 Å². The van der Waals surface area contributed by atoms with Gasteiger partial charge in [-0.3, -0.25) is 9.69 Å². The molecule has 1 fully saturated rings. The largest absolute Gasteiger partial charge is 0.464 e. The SMILES string of the molecule is CC(C)N1CCCOC(=O)[C@@H]1C(C)(C)C. The standard InChI is InChI=1S/C12H23NO2/c1-9(2)13-7-6-8-15-11(14)10(13)12(3,4)5/h9-10H,6-8H2,1-5H3/t10-/m1/s1. The number of carbonyl (C=O) groups excluding carboxylic acids is 1. The van der Waals surface area contributed by atoms with E-state index in [9.17, 15) is 4.79 Å². The fourth-order valence-electron chi connectivity index (χ4n) is 2.17. The van der Waals surface area contributed by atoms with E-state index in [0.29, 0.717) is 12.6 Å². The number of nitrogens with zero attached hydrogens (tertiary/aromatic N) is 1. The number of ether oxygens (including phenoxy) is 1. The van der Waals surface area contributed by atoms with Crippen molar-refractivity contribution in [1.82, 2.24) is 4.90 Å². The first kappa shape index (κ1) is 12.5. The number of carbonyl (C=O) groups is 1. The third-order valence-corrected chi connectivity index (χ3v) is 2.84. The van der Waals surface area contributed by atoms with Crippen LogP contribution in [0.2, 0.25) is 0 Å². The van der Waals surface area contributed by atoms with Crippen molar-refractivity contribution >= 4 is 5.97 Å². The molecule has 0 saturated carbocycles. The zero-order valence-electron chi connectivity index (χ0n) is 10.5. The third kappa shape index (κ3) is 2.94. The first-order valence-corrected chi connectivity index (χ1v) is 5.76. The predicted molar refractivity (Wildman–Crippen MR) is 60.7 cm³/mol. The number of cyclic esters (lactones) is 1. The van der Waals surface area contributed by atoms with E-state index >= 15 is 0 Å². The summed E-state index contributed by atoms with van der Waals surface area (Å²) >= 11 is 0. The van der Waals surface area contributed by atoms with E-state index in [4.69, 9.17) is 4.74 Å². The van der Waals surface area contributed by atoms with E-state index in [1.165, 1.54) is 0 Å². The topological polar surface area (TPSA) is 29.5 Å². The van der Waals surface area contributed by atoms with Gasteiger partial charge in [0.1, 0.15) is 6.04 Å². The monoisotopic (exact) mass is 213 g/mol. The Balaban J connectivity index is 2.94. The summed E-state index contributed by atoms with van der Waals surface area (Å²) in [6, 6.07) is 0.278. The second kappa shape index (κ2) is 4.52. The molecule has 0 unspecified atom stereocenters. The van der Waals surface area contributed by atoms with E-state index in [2.05, 4.69) is 39.5 Å². The van der Waals surface area contributed by atoms with Gasteiger partial charge < -0.3 is 4.74 Å². The van der Waals surface area contributed by atoms with Crippen molar-refractivity contribution in [2.45, 2.75) is 53.1 Å². The van der Waals surface area contributed by atoms with E-state index < -0.39 is 0 Å². The zero-order chi connectivity index (χ0) is 11.6. The summed E-state index contributed by atoms with van der Waals surface area (Å²) in [6.07, 6.45) is 0.941. The quantitative estimate of drug-likeness (QED) is 0.624. The average Bonchev–Trinajstić information content (AvgIpc) is 2.24. The fraction of sp³-hybridized carbons (Fsp3) is 0.917. The summed E-state index contributed by atoms with van der Waals surface area (Å²) in [5, 5.41) is 0. The molecule has 0 aromatic heterocycles. The molecule has 88 valence electrons. The second-order valence-electron chi connectivity index (χ2n) is 5.62. The summed E-state index contributed by atoms with van der Waals surface area (Å²) in [5.74, 6) is -0.0614.